The molecule has 0 bridgehead atoms. The van der Waals surface area contributed by atoms with Crippen molar-refractivity contribution >= 4 is 34.1 Å². The highest BCUT2D eigenvalue weighted by molar-refractivity contribution is 8.23. The zero-order chi connectivity index (χ0) is 14.9. The quantitative estimate of drug-likeness (QED) is 0.878. The fourth-order valence-corrected chi connectivity index (χ4v) is 3.70. The van der Waals surface area contributed by atoms with E-state index in [1.165, 1.54) is 11.8 Å². The van der Waals surface area contributed by atoms with Crippen molar-refractivity contribution in [3.63, 3.8) is 0 Å². The molecule has 1 atom stereocenters. The van der Waals surface area contributed by atoms with Crippen molar-refractivity contribution in [3.05, 3.63) is 54.2 Å². The van der Waals surface area contributed by atoms with Crippen molar-refractivity contribution in [2.75, 3.05) is 17.8 Å². The molecule has 1 unspecified atom stereocenters. The van der Waals surface area contributed by atoms with E-state index in [-0.39, 0.29) is 0 Å². The van der Waals surface area contributed by atoms with Gasteiger partial charge in [-0.1, -0.05) is 42.2 Å². The van der Waals surface area contributed by atoms with Gasteiger partial charge in [0.1, 0.15) is 15.9 Å². The molecule has 0 radical (unpaired) electrons. The Labute approximate surface area is 132 Å². The third kappa shape index (κ3) is 2.50. The maximum absolute atomic E-state index is 11.1. The zero-order valence-corrected chi connectivity index (χ0v) is 13.0. The topological polar surface area (TPSA) is 45.6 Å². The highest BCUT2D eigenvalue weighted by Gasteiger charge is 2.45. The number of benzene rings is 1. The summed E-state index contributed by atoms with van der Waals surface area (Å²) < 4.78 is 5.78. The lowest BCUT2D eigenvalue weighted by Gasteiger charge is -2.33. The van der Waals surface area contributed by atoms with Crippen LogP contribution in [-0.4, -0.2) is 27.3 Å². The summed E-state index contributed by atoms with van der Waals surface area (Å²) >= 11 is 6.83. The van der Waals surface area contributed by atoms with Gasteiger partial charge >= 0.3 is 0 Å². The van der Waals surface area contributed by atoms with Gasteiger partial charge in [-0.2, -0.15) is 0 Å². The first-order chi connectivity index (χ1) is 10.1. The van der Waals surface area contributed by atoms with Gasteiger partial charge in [0.25, 0.3) is 0 Å². The zero-order valence-electron chi connectivity index (χ0n) is 11.4. The Kier molecular flexibility index (Phi) is 3.84. The first-order valence-electron chi connectivity index (χ1n) is 6.40. The van der Waals surface area contributed by atoms with Gasteiger partial charge in [-0.05, 0) is 24.3 Å². The second-order valence-corrected chi connectivity index (χ2v) is 6.23. The van der Waals surface area contributed by atoms with Crippen molar-refractivity contribution in [3.8, 4) is 5.75 Å². The van der Waals surface area contributed by atoms with Gasteiger partial charge in [-0.25, -0.2) is 4.98 Å². The first-order valence-corrected chi connectivity index (χ1v) is 7.79. The Morgan fingerprint density at radius 1 is 1.29 bits per heavy atom. The Bertz CT molecular complexity index is 648. The summed E-state index contributed by atoms with van der Waals surface area (Å²) in [5.41, 5.74) is -0.427. The Hall–Kier alpha value is -1.63. The lowest BCUT2D eigenvalue weighted by Crippen LogP contribution is -2.45. The largest absolute Gasteiger partial charge is 0.497 e. The number of aliphatic hydroxyl groups is 1. The molecule has 1 saturated heterocycles. The first kappa shape index (κ1) is 14.3. The van der Waals surface area contributed by atoms with Gasteiger partial charge in [0.15, 0.2) is 5.72 Å². The summed E-state index contributed by atoms with van der Waals surface area (Å²) in [5, 5.41) is 11.1. The van der Waals surface area contributed by atoms with E-state index in [0.717, 1.165) is 11.3 Å². The van der Waals surface area contributed by atoms with E-state index in [4.69, 9.17) is 17.0 Å². The standard InChI is InChI=1S/C15H14N2O2S2/c1-19-12-7-5-11(6-8-12)15(18)10-21-14(20)17(15)13-4-2-3-9-16-13/h2-9,18H,10H2,1H3. The minimum absolute atomic E-state index is 0.467. The highest BCUT2D eigenvalue weighted by Crippen LogP contribution is 2.41. The van der Waals surface area contributed by atoms with Gasteiger partial charge in [0.2, 0.25) is 0 Å². The Morgan fingerprint density at radius 2 is 2.05 bits per heavy atom. The number of nitrogens with zero attached hydrogens (tertiary/aromatic N) is 2. The smallest absolute Gasteiger partial charge is 0.180 e. The van der Waals surface area contributed by atoms with Gasteiger partial charge < -0.3 is 9.84 Å². The molecule has 0 aliphatic carbocycles. The molecule has 3 rings (SSSR count). The molecule has 1 aromatic heterocycles. The van der Waals surface area contributed by atoms with Crippen molar-refractivity contribution in [1.29, 1.82) is 0 Å². The molecule has 1 aliphatic heterocycles. The second-order valence-electron chi connectivity index (χ2n) is 4.62. The summed E-state index contributed by atoms with van der Waals surface area (Å²) in [6.07, 6.45) is 1.69. The van der Waals surface area contributed by atoms with Crippen LogP contribution in [0.3, 0.4) is 0 Å². The van der Waals surface area contributed by atoms with Crippen molar-refractivity contribution in [2.45, 2.75) is 5.72 Å². The average molecular weight is 318 g/mol. The summed E-state index contributed by atoms with van der Waals surface area (Å²) in [4.78, 5) is 6.01. The Balaban J connectivity index is 2.03. The fourth-order valence-electron chi connectivity index (χ4n) is 2.28. The molecular weight excluding hydrogens is 304 g/mol. The summed E-state index contributed by atoms with van der Waals surface area (Å²) in [7, 11) is 1.62. The van der Waals surface area contributed by atoms with Gasteiger partial charge in [0.05, 0.1) is 12.9 Å². The molecule has 1 aliphatic rings. The number of rotatable bonds is 3. The summed E-state index contributed by atoms with van der Waals surface area (Å²) in [6.45, 7) is 0. The van der Waals surface area contributed by atoms with E-state index in [9.17, 15) is 5.11 Å². The predicted octanol–water partition coefficient (Wildman–Crippen LogP) is 2.77. The molecular formula is C15H14N2O2S2. The van der Waals surface area contributed by atoms with E-state index in [1.54, 1.807) is 18.2 Å². The molecule has 2 aromatic rings. The molecule has 0 amide bonds. The molecule has 21 heavy (non-hydrogen) atoms. The van der Waals surface area contributed by atoms with Gasteiger partial charge in [-0.3, -0.25) is 4.90 Å². The number of pyridine rings is 1. The normalized spacial score (nSPS) is 21.6. The van der Waals surface area contributed by atoms with E-state index in [2.05, 4.69) is 4.98 Å². The third-order valence-electron chi connectivity index (χ3n) is 3.38. The van der Waals surface area contributed by atoms with Crippen LogP contribution in [0.15, 0.2) is 48.7 Å². The minimum atomic E-state index is -1.19. The van der Waals surface area contributed by atoms with Gasteiger partial charge in [0, 0.05) is 11.8 Å². The molecule has 2 heterocycles. The van der Waals surface area contributed by atoms with Crippen LogP contribution in [0, 0.1) is 0 Å². The molecule has 6 heteroatoms. The van der Waals surface area contributed by atoms with Crippen molar-refractivity contribution < 1.29 is 9.84 Å². The predicted molar refractivity (Wildman–Crippen MR) is 88.7 cm³/mol. The fraction of sp³-hybridized carbons (Fsp3) is 0.200. The number of thioether (sulfide) groups is 1. The van der Waals surface area contributed by atoms with Gasteiger partial charge in [-0.15, -0.1) is 0 Å². The van der Waals surface area contributed by atoms with Crippen molar-refractivity contribution in [1.82, 2.24) is 4.98 Å². The lowest BCUT2D eigenvalue weighted by molar-refractivity contribution is 0.0765. The number of thiocarbonyl (C=S) groups is 1. The monoisotopic (exact) mass is 318 g/mol. The maximum Gasteiger partial charge on any atom is 0.180 e. The molecule has 1 N–H and O–H groups in total. The molecule has 108 valence electrons. The lowest BCUT2D eigenvalue weighted by atomic mass is 10.0. The van der Waals surface area contributed by atoms with Crippen LogP contribution in [-0.2, 0) is 5.72 Å². The molecule has 4 nitrogen and oxygen atoms in total. The number of anilines is 1. The second kappa shape index (κ2) is 5.63. The summed E-state index contributed by atoms with van der Waals surface area (Å²) in [6, 6.07) is 12.9. The Morgan fingerprint density at radius 3 is 2.67 bits per heavy atom. The van der Waals surface area contributed by atoms with Crippen LogP contribution in [0.2, 0.25) is 0 Å². The van der Waals surface area contributed by atoms with E-state index < -0.39 is 5.72 Å². The van der Waals surface area contributed by atoms with Crippen LogP contribution in [0.1, 0.15) is 5.56 Å². The van der Waals surface area contributed by atoms with Crippen LogP contribution in [0.25, 0.3) is 0 Å². The summed E-state index contributed by atoms with van der Waals surface area (Å²) in [5.74, 6) is 1.86. The number of methoxy groups -OCH3 is 1. The molecule has 0 spiro atoms. The molecule has 0 saturated carbocycles. The minimum Gasteiger partial charge on any atom is -0.497 e. The van der Waals surface area contributed by atoms with E-state index >= 15 is 0 Å². The van der Waals surface area contributed by atoms with E-state index in [1.807, 2.05) is 42.5 Å². The third-order valence-corrected chi connectivity index (χ3v) is 4.89. The van der Waals surface area contributed by atoms with Crippen LogP contribution >= 0.6 is 24.0 Å². The number of hydrogen-bond donors (Lipinski definition) is 1. The van der Waals surface area contributed by atoms with E-state index in [0.29, 0.717) is 15.9 Å². The number of ether oxygens (including phenoxy) is 1. The van der Waals surface area contributed by atoms with Crippen LogP contribution < -0.4 is 9.64 Å². The highest BCUT2D eigenvalue weighted by atomic mass is 32.2. The molecule has 1 fully saturated rings. The average Bonchev–Trinajstić information content (AvgIpc) is 2.84. The van der Waals surface area contributed by atoms with Crippen LogP contribution in [0.5, 0.6) is 5.75 Å². The number of hydrogen-bond acceptors (Lipinski definition) is 5. The van der Waals surface area contributed by atoms with Crippen molar-refractivity contribution in [2.24, 2.45) is 0 Å². The van der Waals surface area contributed by atoms with Crippen LogP contribution in [0.4, 0.5) is 5.82 Å². The molecule has 1 aromatic carbocycles. The number of aromatic nitrogens is 1. The maximum atomic E-state index is 11.1. The SMILES string of the molecule is COc1ccc(C2(O)CSC(=S)N2c2ccccn2)cc1.